The Hall–Kier alpha value is -1.03. The second kappa shape index (κ2) is 5.60. The van der Waals surface area contributed by atoms with Crippen molar-refractivity contribution in [3.05, 3.63) is 11.3 Å². The van der Waals surface area contributed by atoms with Crippen molar-refractivity contribution in [1.82, 2.24) is 5.43 Å². The fourth-order valence-corrected chi connectivity index (χ4v) is 1.13. The number of amides is 1. The zero-order valence-corrected chi connectivity index (χ0v) is 7.68. The minimum atomic E-state index is -0.484. The fraction of sp³-hybridized carbons (Fsp3) is 0.625. The largest absolute Gasteiger partial charge is 0.364 e. The minimum absolute atomic E-state index is 0.361. The van der Waals surface area contributed by atoms with Crippen molar-refractivity contribution < 1.29 is 4.79 Å². The zero-order chi connectivity index (χ0) is 9.56. The summed E-state index contributed by atoms with van der Waals surface area (Å²) in [6, 6.07) is 0. The van der Waals surface area contributed by atoms with E-state index in [1.807, 2.05) is 13.8 Å². The van der Waals surface area contributed by atoms with Gasteiger partial charge in [-0.3, -0.25) is 10.6 Å². The van der Waals surface area contributed by atoms with E-state index in [1.165, 1.54) is 0 Å². The Morgan fingerprint density at radius 2 is 2.00 bits per heavy atom. The number of carbonyl (C=O) groups excluding carboxylic acids is 1. The summed E-state index contributed by atoms with van der Waals surface area (Å²) in [7, 11) is 0. The van der Waals surface area contributed by atoms with E-state index in [4.69, 9.17) is 11.6 Å². The average Bonchev–Trinajstić information content (AvgIpc) is 2.03. The second-order valence-corrected chi connectivity index (χ2v) is 2.59. The van der Waals surface area contributed by atoms with Crippen molar-refractivity contribution >= 4 is 5.91 Å². The Labute approximate surface area is 73.0 Å². The lowest BCUT2D eigenvalue weighted by Gasteiger charge is -2.09. The summed E-state index contributed by atoms with van der Waals surface area (Å²) in [6.07, 6.45) is 2.65. The maximum absolute atomic E-state index is 10.8. The molecule has 0 aromatic carbocycles. The van der Waals surface area contributed by atoms with Gasteiger partial charge in [-0.25, -0.2) is 0 Å². The van der Waals surface area contributed by atoms with Crippen LogP contribution >= 0.6 is 0 Å². The highest BCUT2D eigenvalue weighted by Crippen LogP contribution is 2.12. The molecule has 0 bridgehead atoms. The third-order valence-corrected chi connectivity index (χ3v) is 1.72. The molecule has 4 nitrogen and oxygen atoms in total. The Morgan fingerprint density at radius 1 is 1.42 bits per heavy atom. The van der Waals surface area contributed by atoms with Crippen molar-refractivity contribution in [1.29, 1.82) is 0 Å². The van der Waals surface area contributed by atoms with Gasteiger partial charge in [-0.1, -0.05) is 20.3 Å². The molecule has 0 saturated carbocycles. The van der Waals surface area contributed by atoms with E-state index in [0.717, 1.165) is 24.8 Å². The summed E-state index contributed by atoms with van der Waals surface area (Å²) in [5.74, 6) is 4.69. The molecule has 0 heterocycles. The van der Waals surface area contributed by atoms with Gasteiger partial charge >= 0.3 is 0 Å². The third kappa shape index (κ3) is 2.92. The van der Waals surface area contributed by atoms with Crippen molar-refractivity contribution in [3.63, 3.8) is 0 Å². The number of hydrazine groups is 1. The smallest absolute Gasteiger partial charge is 0.266 e. The molecule has 70 valence electrons. The van der Waals surface area contributed by atoms with E-state index in [1.54, 1.807) is 0 Å². The Morgan fingerprint density at radius 3 is 2.25 bits per heavy atom. The van der Waals surface area contributed by atoms with Crippen molar-refractivity contribution in [2.45, 2.75) is 33.1 Å². The molecule has 12 heavy (non-hydrogen) atoms. The molecule has 0 spiro atoms. The van der Waals surface area contributed by atoms with Gasteiger partial charge in [-0.2, -0.15) is 0 Å². The van der Waals surface area contributed by atoms with Crippen LogP contribution in [-0.4, -0.2) is 5.91 Å². The van der Waals surface area contributed by atoms with Gasteiger partial charge in [0.1, 0.15) is 5.70 Å². The van der Waals surface area contributed by atoms with Crippen LogP contribution in [-0.2, 0) is 4.79 Å². The summed E-state index contributed by atoms with van der Waals surface area (Å²) in [5.41, 5.74) is 8.81. The highest BCUT2D eigenvalue weighted by molar-refractivity contribution is 5.91. The van der Waals surface area contributed by atoms with Gasteiger partial charge in [0.25, 0.3) is 5.91 Å². The molecular weight excluding hydrogens is 154 g/mol. The van der Waals surface area contributed by atoms with Gasteiger partial charge in [0, 0.05) is 0 Å². The molecule has 0 aliphatic rings. The van der Waals surface area contributed by atoms with Crippen molar-refractivity contribution in [3.8, 4) is 0 Å². The number of nitrogens with one attached hydrogen (secondary N) is 1. The quantitative estimate of drug-likeness (QED) is 0.318. The molecule has 0 aromatic rings. The van der Waals surface area contributed by atoms with Gasteiger partial charge in [0.05, 0.1) is 0 Å². The van der Waals surface area contributed by atoms with Gasteiger partial charge in [-0.05, 0) is 18.4 Å². The molecule has 1 amide bonds. The molecule has 0 unspecified atom stereocenters. The molecule has 0 atom stereocenters. The first-order valence-corrected chi connectivity index (χ1v) is 4.15. The molecule has 0 aliphatic heterocycles. The Kier molecular flexibility index (Phi) is 5.12. The topological polar surface area (TPSA) is 81.1 Å². The van der Waals surface area contributed by atoms with Gasteiger partial charge in [-0.15, -0.1) is 0 Å². The number of allylic oxidation sites excluding steroid dienone is 1. The maximum Gasteiger partial charge on any atom is 0.266 e. The van der Waals surface area contributed by atoms with Crippen LogP contribution in [0.25, 0.3) is 0 Å². The van der Waals surface area contributed by atoms with Crippen molar-refractivity contribution in [2.24, 2.45) is 11.6 Å². The molecular formula is C8H17N3O. The summed E-state index contributed by atoms with van der Waals surface area (Å²) >= 11 is 0. The first-order chi connectivity index (χ1) is 5.67. The van der Waals surface area contributed by atoms with Crippen LogP contribution in [0.1, 0.15) is 33.1 Å². The first kappa shape index (κ1) is 11.0. The Balaban J connectivity index is 4.61. The van der Waals surface area contributed by atoms with Crippen LogP contribution < -0.4 is 17.0 Å². The van der Waals surface area contributed by atoms with Crippen LogP contribution in [0.2, 0.25) is 0 Å². The predicted molar refractivity (Wildman–Crippen MR) is 48.7 cm³/mol. The number of hydrogen-bond donors (Lipinski definition) is 3. The summed E-state index contributed by atoms with van der Waals surface area (Å²) in [4.78, 5) is 10.8. The summed E-state index contributed by atoms with van der Waals surface area (Å²) < 4.78 is 0. The SMILES string of the molecule is CCC/C(CC)=C(\NN)C(N)=O. The van der Waals surface area contributed by atoms with Gasteiger partial charge in [0.15, 0.2) is 0 Å². The monoisotopic (exact) mass is 171 g/mol. The van der Waals surface area contributed by atoms with E-state index in [9.17, 15) is 4.79 Å². The fourth-order valence-electron chi connectivity index (χ4n) is 1.13. The number of nitrogens with two attached hydrogens (primary N) is 2. The second-order valence-electron chi connectivity index (χ2n) is 2.59. The van der Waals surface area contributed by atoms with Gasteiger partial charge < -0.3 is 11.2 Å². The lowest BCUT2D eigenvalue weighted by atomic mass is 10.1. The van der Waals surface area contributed by atoms with Crippen LogP contribution in [0, 0.1) is 0 Å². The molecule has 5 N–H and O–H groups in total. The zero-order valence-electron chi connectivity index (χ0n) is 7.68. The van der Waals surface area contributed by atoms with Crippen LogP contribution in [0.4, 0.5) is 0 Å². The number of hydrogen-bond acceptors (Lipinski definition) is 3. The molecule has 4 heteroatoms. The summed E-state index contributed by atoms with van der Waals surface area (Å²) in [6.45, 7) is 4.02. The highest BCUT2D eigenvalue weighted by Gasteiger charge is 2.08. The van der Waals surface area contributed by atoms with Crippen LogP contribution in [0.15, 0.2) is 11.3 Å². The number of carbonyl (C=O) groups is 1. The normalized spacial score (nSPS) is 12.2. The molecule has 0 fully saturated rings. The number of primary amides is 1. The average molecular weight is 171 g/mol. The molecule has 0 aliphatic carbocycles. The molecule has 0 saturated heterocycles. The summed E-state index contributed by atoms with van der Waals surface area (Å²) in [5, 5.41) is 0. The van der Waals surface area contributed by atoms with E-state index in [2.05, 4.69) is 5.43 Å². The molecule has 0 rings (SSSR count). The van der Waals surface area contributed by atoms with E-state index >= 15 is 0 Å². The van der Waals surface area contributed by atoms with Crippen LogP contribution in [0.5, 0.6) is 0 Å². The standard InChI is InChI=1S/C8H17N3O/c1-3-5-6(4-2)7(11-10)8(9)12/h11H,3-5,10H2,1-2H3,(H2,9,12)/b7-6-. The minimum Gasteiger partial charge on any atom is -0.364 e. The Bertz CT molecular complexity index is 187. The third-order valence-electron chi connectivity index (χ3n) is 1.72. The van der Waals surface area contributed by atoms with E-state index in [0.29, 0.717) is 5.70 Å². The van der Waals surface area contributed by atoms with Crippen molar-refractivity contribution in [2.75, 3.05) is 0 Å². The number of rotatable bonds is 5. The first-order valence-electron chi connectivity index (χ1n) is 4.15. The highest BCUT2D eigenvalue weighted by atomic mass is 16.1. The lowest BCUT2D eigenvalue weighted by Crippen LogP contribution is -2.32. The maximum atomic E-state index is 10.8. The lowest BCUT2D eigenvalue weighted by molar-refractivity contribution is -0.115. The van der Waals surface area contributed by atoms with Crippen LogP contribution in [0.3, 0.4) is 0 Å². The van der Waals surface area contributed by atoms with E-state index in [-0.39, 0.29) is 0 Å². The van der Waals surface area contributed by atoms with Gasteiger partial charge in [0.2, 0.25) is 0 Å². The van der Waals surface area contributed by atoms with E-state index < -0.39 is 5.91 Å². The molecule has 0 aromatic heterocycles. The predicted octanol–water partition coefficient (Wildman–Crippen LogP) is 0.399. The molecule has 0 radical (unpaired) electrons.